The molecular weight excluding hydrogens is 468 g/mol. The van der Waals surface area contributed by atoms with Crippen molar-refractivity contribution in [2.24, 2.45) is 0 Å². The van der Waals surface area contributed by atoms with Gasteiger partial charge >= 0.3 is 190 Å². The van der Waals surface area contributed by atoms with E-state index in [-0.39, 0.29) is 17.0 Å². The van der Waals surface area contributed by atoms with Crippen LogP contribution >= 0.6 is 33.8 Å². The molecule has 0 rings (SSSR count). The molecule has 0 spiro atoms. The molecule has 0 fully saturated rings. The summed E-state index contributed by atoms with van der Waals surface area (Å²) in [5.41, 5.74) is 0. The van der Waals surface area contributed by atoms with Crippen LogP contribution in [0.5, 0.6) is 0 Å². The Balaban J connectivity index is 0. The zero-order chi connectivity index (χ0) is 21.6. The first-order valence-corrected chi connectivity index (χ1v) is 16.8. The minimum atomic E-state index is -1.31. The summed E-state index contributed by atoms with van der Waals surface area (Å²) in [7, 11) is 1.88. The summed E-state index contributed by atoms with van der Waals surface area (Å²) in [6, 6.07) is 0. The number of nitrogens with zero attached hydrogens (tertiary/aromatic N) is 1. The summed E-state index contributed by atoms with van der Waals surface area (Å²) in [5, 5.41) is 0. The molecule has 4 heteroatoms. The van der Waals surface area contributed by atoms with Crippen molar-refractivity contribution in [3.05, 3.63) is 0 Å². The third kappa shape index (κ3) is 17.8. The first-order valence-electron chi connectivity index (χ1n) is 13.7. The molecule has 0 aromatic heterocycles. The van der Waals surface area contributed by atoms with Gasteiger partial charge in [0.25, 0.3) is 0 Å². The molecule has 0 N–H and O–H groups in total. The summed E-state index contributed by atoms with van der Waals surface area (Å²) < 4.78 is 2.80. The van der Waals surface area contributed by atoms with Gasteiger partial charge in [-0.3, -0.25) is 0 Å². The molecule has 186 valence electrons. The van der Waals surface area contributed by atoms with E-state index in [1.165, 1.54) is 122 Å². The summed E-state index contributed by atoms with van der Waals surface area (Å²) in [6.45, 7) is 10.6. The van der Waals surface area contributed by atoms with E-state index in [0.717, 1.165) is 0 Å². The number of hydrogen-bond acceptors (Lipinski definition) is 1. The van der Waals surface area contributed by atoms with Gasteiger partial charge in [0.2, 0.25) is 0 Å². The van der Waals surface area contributed by atoms with E-state index in [1.54, 1.807) is 18.5 Å². The predicted octanol–water partition coefficient (Wildman–Crippen LogP) is 10.4. The third-order valence-electron chi connectivity index (χ3n) is 6.94. The van der Waals surface area contributed by atoms with Crippen molar-refractivity contribution >= 4 is 33.8 Å². The van der Waals surface area contributed by atoms with Gasteiger partial charge in [0.05, 0.1) is 0 Å². The van der Waals surface area contributed by atoms with Gasteiger partial charge in [0, 0.05) is 0 Å². The maximum absolute atomic E-state index is 3.19. The van der Waals surface area contributed by atoms with Crippen molar-refractivity contribution in [1.29, 1.82) is 0 Å². The van der Waals surface area contributed by atoms with Gasteiger partial charge in [-0.25, -0.2) is 0 Å². The molecule has 0 aromatic carbocycles. The van der Waals surface area contributed by atoms with Crippen molar-refractivity contribution in [2.75, 3.05) is 25.0 Å². The molecule has 0 saturated heterocycles. The summed E-state index contributed by atoms with van der Waals surface area (Å²) in [6.07, 6.45) is 30.7. The van der Waals surface area contributed by atoms with E-state index in [4.69, 9.17) is 0 Å². The second kappa shape index (κ2) is 24.9. The maximum atomic E-state index is 3.19. The van der Waals surface area contributed by atoms with Gasteiger partial charge in [-0.1, -0.05) is 0 Å². The Kier molecular flexibility index (Phi) is 27.8. The van der Waals surface area contributed by atoms with E-state index in [0.29, 0.717) is 0 Å². The molecule has 0 saturated carbocycles. The normalized spacial score (nSPS) is 12.3. The van der Waals surface area contributed by atoms with E-state index < -0.39 is 7.41 Å². The zero-order valence-corrected chi connectivity index (χ0v) is 25.4. The van der Waals surface area contributed by atoms with Gasteiger partial charge in [0.15, 0.2) is 0 Å². The number of rotatable bonds is 23. The van der Waals surface area contributed by atoms with Crippen molar-refractivity contribution in [3.8, 4) is 0 Å². The number of unbranched alkanes of at least 4 members (excludes halogenated alkanes) is 15. The first kappa shape index (κ1) is 33.5. The first-order chi connectivity index (χ1) is 14.2. The Morgan fingerprint density at radius 3 is 1.00 bits per heavy atom. The van der Waals surface area contributed by atoms with E-state index in [9.17, 15) is 0 Å². The van der Waals surface area contributed by atoms with Crippen LogP contribution in [0.4, 0.5) is 0 Å². The Bertz CT molecular complexity index is 287. The quantitative estimate of drug-likeness (QED) is 0.0942. The van der Waals surface area contributed by atoms with Crippen molar-refractivity contribution < 1.29 is 0 Å². The Hall–Kier alpha value is 1.30. The molecule has 0 aliphatic carbocycles. The predicted molar refractivity (Wildman–Crippen MR) is 155 cm³/mol. The van der Waals surface area contributed by atoms with Crippen LogP contribution in [0.1, 0.15) is 143 Å². The van der Waals surface area contributed by atoms with Crippen LogP contribution in [0.15, 0.2) is 0 Å². The van der Waals surface area contributed by atoms with Crippen LogP contribution in [0.25, 0.3) is 0 Å². The van der Waals surface area contributed by atoms with Gasteiger partial charge < -0.3 is 0 Å². The van der Waals surface area contributed by atoms with Gasteiger partial charge in [-0.2, -0.15) is 0 Å². The molecule has 0 radical (unpaired) electrons. The Morgan fingerprint density at radius 2 is 0.733 bits per heavy atom. The van der Waals surface area contributed by atoms with Gasteiger partial charge in [0.1, 0.15) is 0 Å². The van der Waals surface area contributed by atoms with Crippen molar-refractivity contribution in [1.82, 2.24) is 4.44 Å². The average molecular weight is 529 g/mol. The summed E-state index contributed by atoms with van der Waals surface area (Å²) in [5.74, 6) is 0. The fourth-order valence-electron chi connectivity index (χ4n) is 4.84. The molecule has 0 amide bonds. The Labute approximate surface area is 206 Å². The topological polar surface area (TPSA) is 3.24 Å². The van der Waals surface area contributed by atoms with E-state index in [1.807, 2.05) is 0 Å². The van der Waals surface area contributed by atoms with Crippen LogP contribution in [0.3, 0.4) is 0 Å². The minimum absolute atomic E-state index is 0. The second-order valence-electron chi connectivity index (χ2n) is 9.56. The molecule has 0 bridgehead atoms. The fraction of sp³-hybridized carbons (Fsp3) is 1.00. The number of hydrogen-bond donors (Lipinski definition) is 0. The summed E-state index contributed by atoms with van der Waals surface area (Å²) >= 11 is 0. The van der Waals surface area contributed by atoms with Crippen LogP contribution in [0, 0.1) is 0 Å². The van der Waals surface area contributed by atoms with Crippen LogP contribution < -0.4 is 0 Å². The van der Waals surface area contributed by atoms with Crippen LogP contribution in [0.2, 0.25) is 0 Å². The number of halogens is 1. The average Bonchev–Trinajstić information content (AvgIpc) is 2.74. The molecular formula is C26H60BrNP2. The van der Waals surface area contributed by atoms with Crippen LogP contribution in [-0.2, 0) is 0 Å². The molecule has 1 unspecified atom stereocenters. The third-order valence-corrected chi connectivity index (χ3v) is 14.3. The van der Waals surface area contributed by atoms with E-state index in [2.05, 4.69) is 41.5 Å². The molecule has 1 nitrogen and oxygen atoms in total. The molecule has 0 aliphatic rings. The molecule has 30 heavy (non-hydrogen) atoms. The summed E-state index contributed by atoms with van der Waals surface area (Å²) in [4.78, 5) is 0. The van der Waals surface area contributed by atoms with Gasteiger partial charge in [-0.15, -0.1) is 17.0 Å². The standard InChI is InChI=1S/C26H59NP2.BrH/c1-5-9-12-15-18-21-24-29(27(28)8-4,25-22-19-16-13-10-6-2)26-23-20-17-14-11-7-3;/h29H,5-26,28H2,1-4H3;1H. The monoisotopic (exact) mass is 527 g/mol. The SMILES string of the molecule is Br.CCCCCCCC[PH](CCCCCCCC)(CCCCCCCC)N(P)CC. The molecule has 1 atom stereocenters. The molecule has 0 heterocycles. The van der Waals surface area contributed by atoms with Crippen molar-refractivity contribution in [3.63, 3.8) is 0 Å². The molecule has 0 aliphatic heterocycles. The fourth-order valence-corrected chi connectivity index (χ4v) is 11.0. The second-order valence-corrected chi connectivity index (χ2v) is 15.2. The van der Waals surface area contributed by atoms with Crippen molar-refractivity contribution in [2.45, 2.75) is 143 Å². The van der Waals surface area contributed by atoms with E-state index >= 15 is 0 Å². The van der Waals surface area contributed by atoms with Gasteiger partial charge in [-0.05, 0) is 0 Å². The molecule has 0 aromatic rings. The Morgan fingerprint density at radius 1 is 0.467 bits per heavy atom. The van der Waals surface area contributed by atoms with Crippen LogP contribution in [-0.4, -0.2) is 29.5 Å². The zero-order valence-electron chi connectivity index (χ0n) is 21.5.